The summed E-state index contributed by atoms with van der Waals surface area (Å²) in [6.07, 6.45) is -11.5. The number of esters is 1. The van der Waals surface area contributed by atoms with Crippen molar-refractivity contribution in [3.8, 4) is 0 Å². The molecule has 0 amide bonds. The molecule has 83 heavy (non-hydrogen) atoms. The molecule has 5 rings (SSSR count). The maximum absolute atomic E-state index is 14.5. The van der Waals surface area contributed by atoms with Crippen LogP contribution in [0.15, 0.2) is 70.1 Å². The fraction of sp³-hybridized carbons (Fsp3) is 0.783. The number of cyclic esters (lactones) is 1. The SMILES string of the molecule is COCCC[C@H]1O[C@@](O)([C@H](C)C2CC(OC)C(O)\C=C(C)/C=C(C)\C=C(\C)C(O[C@H]3O[C@H](C)[C@@H](OC)[C@H](O)[C@H]3O)C(C)\C=C(CO)/C=C(OC)\C=C(\C)C(=O)O2)[C@H](OC)[C@@H](O)[C@]1(C)O[C@H]1C[C@H](O)[C@H](O[C@H]2C[C@@](C)(O)[C@H](O)[C@@H](C)O2)[C@@H](C)O1. The molecule has 24 atom stereocenters. The first-order chi connectivity index (χ1) is 38.9. The van der Waals surface area contributed by atoms with E-state index >= 15 is 0 Å². The van der Waals surface area contributed by atoms with Crippen LogP contribution < -0.4 is 0 Å². The van der Waals surface area contributed by atoms with Crippen molar-refractivity contribution in [3.05, 3.63) is 70.1 Å². The van der Waals surface area contributed by atoms with Crippen LogP contribution in [0.2, 0.25) is 0 Å². The molecule has 0 aliphatic carbocycles. The van der Waals surface area contributed by atoms with Crippen LogP contribution in [0, 0.1) is 11.8 Å². The molecule has 23 heteroatoms. The Kier molecular flexibility index (Phi) is 26.1. The van der Waals surface area contributed by atoms with Crippen molar-refractivity contribution in [1.82, 2.24) is 0 Å². The van der Waals surface area contributed by atoms with Crippen molar-refractivity contribution >= 4 is 5.97 Å². The molecule has 5 heterocycles. The molecular weight excluding hydrogens is 1090 g/mol. The van der Waals surface area contributed by atoms with Gasteiger partial charge in [0.15, 0.2) is 18.9 Å². The summed E-state index contributed by atoms with van der Waals surface area (Å²) in [6, 6.07) is 0. The zero-order chi connectivity index (χ0) is 62.1. The molecule has 0 aromatic heterocycles. The van der Waals surface area contributed by atoms with Crippen LogP contribution in [0.1, 0.15) is 108 Å². The summed E-state index contributed by atoms with van der Waals surface area (Å²) in [7, 11) is 6.97. The zero-order valence-electron chi connectivity index (χ0n) is 51.3. The summed E-state index contributed by atoms with van der Waals surface area (Å²) in [5.41, 5.74) is -0.823. The third kappa shape index (κ3) is 17.2. The minimum atomic E-state index is -2.46. The number of carbonyl (C=O) groups excluding carboxylic acids is 1. The molecule has 5 aliphatic heterocycles. The number of aliphatic hydroxyl groups excluding tert-OH is 7. The molecule has 0 saturated carbocycles. The van der Waals surface area contributed by atoms with E-state index in [4.69, 9.17) is 61.6 Å². The second-order valence-corrected chi connectivity index (χ2v) is 23.6. The van der Waals surface area contributed by atoms with Gasteiger partial charge < -0.3 is 108 Å². The predicted molar refractivity (Wildman–Crippen MR) is 300 cm³/mol. The minimum absolute atomic E-state index is 0.0210. The summed E-state index contributed by atoms with van der Waals surface area (Å²) in [5, 5.41) is 103. The predicted octanol–water partition coefficient (Wildman–Crippen LogP) is 2.84. The quantitative estimate of drug-likeness (QED) is 0.0747. The Balaban J connectivity index is 1.51. The molecule has 0 aromatic carbocycles. The number of methoxy groups -OCH3 is 5. The third-order valence-electron chi connectivity index (χ3n) is 16.8. The lowest BCUT2D eigenvalue weighted by molar-refractivity contribution is -0.416. The number of hydrogen-bond donors (Lipinski definition) is 9. The largest absolute Gasteiger partial charge is 0.497 e. The average Bonchev–Trinajstić information content (AvgIpc) is 1.93. The summed E-state index contributed by atoms with van der Waals surface area (Å²) in [4.78, 5) is 14.5. The van der Waals surface area contributed by atoms with Gasteiger partial charge in [0.25, 0.3) is 0 Å². The first-order valence-corrected chi connectivity index (χ1v) is 28.7. The molecule has 0 radical (unpaired) electrons. The molecule has 0 aromatic rings. The van der Waals surface area contributed by atoms with Gasteiger partial charge in [0.05, 0.1) is 74.1 Å². The highest BCUT2D eigenvalue weighted by atomic mass is 16.7. The number of hydrogen-bond acceptors (Lipinski definition) is 23. The number of ether oxygens (including phenoxy) is 13. The third-order valence-corrected chi connectivity index (χ3v) is 16.8. The number of carbonyl (C=O) groups is 1. The molecule has 4 fully saturated rings. The lowest BCUT2D eigenvalue weighted by Gasteiger charge is -2.57. The molecule has 0 bridgehead atoms. The Morgan fingerprint density at radius 1 is 0.735 bits per heavy atom. The summed E-state index contributed by atoms with van der Waals surface area (Å²) in [5.74, 6) is -4.99. The fourth-order valence-corrected chi connectivity index (χ4v) is 12.0. The highest BCUT2D eigenvalue weighted by Gasteiger charge is 2.64. The van der Waals surface area contributed by atoms with Crippen LogP contribution in [0.5, 0.6) is 0 Å². The van der Waals surface area contributed by atoms with E-state index in [-0.39, 0.29) is 43.6 Å². The van der Waals surface area contributed by atoms with E-state index in [9.17, 15) is 50.8 Å². The lowest BCUT2D eigenvalue weighted by atomic mass is 9.75. The van der Waals surface area contributed by atoms with Crippen molar-refractivity contribution in [3.63, 3.8) is 0 Å². The first kappa shape index (κ1) is 70.7. The summed E-state index contributed by atoms with van der Waals surface area (Å²) >= 11 is 0. The summed E-state index contributed by atoms with van der Waals surface area (Å²) < 4.78 is 78.8. The standard InChI is InChI=1S/C60H98O23/c1-30-20-31(2)22-41(62)44(73-14)27-43(79-56(68)34(5)24-40(72-13)25-39(29-61)23-33(4)50(32(3)21-30)81-57-49(65)48(64)52(74-15)37(8)78-57)35(6)60(70)55(75-16)54(67)59(11,45(82-60)18-17-19-71-12)83-46-26-42(63)51(36(7)76-46)80-47-28-58(10,69)53(66)38(9)77-47/h20-25,33,35-38,41-55,57,61-67,69-70H,17-19,26-29H2,1-16H3/b30-20-,31-22-,32-21-,34-24-,39-23+,40-25+/t33?,35-,36-,37-,38-,41?,42+,43?,44?,45-,46+,47+,48-,49-,50?,51-,52-,53-,54-,55-,57-,58-,59-,60+/m1/s1. The van der Waals surface area contributed by atoms with Crippen molar-refractivity contribution in [2.24, 2.45) is 11.8 Å². The lowest BCUT2D eigenvalue weighted by Crippen LogP contribution is -2.74. The van der Waals surface area contributed by atoms with E-state index in [0.29, 0.717) is 23.1 Å². The Morgan fingerprint density at radius 3 is 1.99 bits per heavy atom. The van der Waals surface area contributed by atoms with E-state index in [2.05, 4.69) is 0 Å². The van der Waals surface area contributed by atoms with Gasteiger partial charge in [-0.1, -0.05) is 49.3 Å². The van der Waals surface area contributed by atoms with Crippen molar-refractivity contribution in [2.75, 3.05) is 48.8 Å². The molecule has 9 N–H and O–H groups in total. The maximum atomic E-state index is 14.5. The number of rotatable bonds is 17. The van der Waals surface area contributed by atoms with E-state index in [1.165, 1.54) is 61.5 Å². The monoisotopic (exact) mass is 1190 g/mol. The van der Waals surface area contributed by atoms with Gasteiger partial charge in [0.1, 0.15) is 60.2 Å². The molecule has 4 saturated heterocycles. The minimum Gasteiger partial charge on any atom is -0.497 e. The van der Waals surface area contributed by atoms with Gasteiger partial charge in [-0.3, -0.25) is 0 Å². The second-order valence-electron chi connectivity index (χ2n) is 23.6. The van der Waals surface area contributed by atoms with Gasteiger partial charge in [-0.2, -0.15) is 0 Å². The van der Waals surface area contributed by atoms with E-state index < -0.39 is 158 Å². The van der Waals surface area contributed by atoms with Crippen LogP contribution >= 0.6 is 0 Å². The van der Waals surface area contributed by atoms with Gasteiger partial charge in [-0.15, -0.1) is 0 Å². The highest BCUT2D eigenvalue weighted by Crippen LogP contribution is 2.47. The Bertz CT molecular complexity index is 2270. The molecule has 0 spiro atoms. The normalized spacial score (nSPS) is 46.4. The maximum Gasteiger partial charge on any atom is 0.334 e. The van der Waals surface area contributed by atoms with Gasteiger partial charge in [0.2, 0.25) is 5.79 Å². The van der Waals surface area contributed by atoms with Crippen LogP contribution in [0.3, 0.4) is 0 Å². The Morgan fingerprint density at radius 2 is 1.40 bits per heavy atom. The average molecular weight is 1190 g/mol. The van der Waals surface area contributed by atoms with E-state index in [1.807, 2.05) is 32.9 Å². The molecular formula is C60H98O23. The fourth-order valence-electron chi connectivity index (χ4n) is 12.0. The van der Waals surface area contributed by atoms with Crippen LogP contribution in [-0.4, -0.2) is 234 Å². The first-order valence-electron chi connectivity index (χ1n) is 28.7. The van der Waals surface area contributed by atoms with E-state index in [1.54, 1.807) is 53.7 Å². The number of aliphatic hydroxyl groups is 9. The van der Waals surface area contributed by atoms with Crippen molar-refractivity contribution in [1.29, 1.82) is 0 Å². The van der Waals surface area contributed by atoms with Gasteiger partial charge >= 0.3 is 5.97 Å². The van der Waals surface area contributed by atoms with E-state index in [0.717, 1.165) is 5.57 Å². The Hall–Kier alpha value is -3.09. The van der Waals surface area contributed by atoms with Crippen molar-refractivity contribution < 1.29 is 112 Å². The number of allylic oxidation sites excluding steroid dienone is 5. The smallest absolute Gasteiger partial charge is 0.334 e. The Labute approximate surface area is 489 Å². The van der Waals surface area contributed by atoms with Gasteiger partial charge in [0, 0.05) is 65.8 Å². The zero-order valence-corrected chi connectivity index (χ0v) is 51.3. The van der Waals surface area contributed by atoms with Gasteiger partial charge in [-0.25, -0.2) is 4.79 Å². The van der Waals surface area contributed by atoms with Crippen LogP contribution in [0.4, 0.5) is 0 Å². The van der Waals surface area contributed by atoms with Crippen LogP contribution in [0.25, 0.3) is 0 Å². The summed E-state index contributed by atoms with van der Waals surface area (Å²) in [6.45, 7) is 18.2. The molecule has 5 unspecified atom stereocenters. The van der Waals surface area contributed by atoms with Crippen LogP contribution in [-0.2, 0) is 66.4 Å². The topological polar surface area (TPSA) is 319 Å². The molecule has 476 valence electrons. The van der Waals surface area contributed by atoms with Crippen molar-refractivity contribution in [2.45, 2.75) is 242 Å². The molecule has 23 nitrogen and oxygen atoms in total. The van der Waals surface area contributed by atoms with Gasteiger partial charge in [-0.05, 0) is 98.5 Å². The highest BCUT2D eigenvalue weighted by molar-refractivity contribution is 5.88. The molecule has 5 aliphatic rings. The second kappa shape index (κ2) is 30.7.